The van der Waals surface area contributed by atoms with Gasteiger partial charge in [0.25, 0.3) is 0 Å². The predicted octanol–water partition coefficient (Wildman–Crippen LogP) is 6.48. The molecule has 2 N–H and O–H groups in total. The first-order valence-corrected chi connectivity index (χ1v) is 14.0. The number of hydrogen-bond acceptors (Lipinski definition) is 5. The van der Waals surface area contributed by atoms with E-state index in [1.165, 1.54) is 39.0 Å². The predicted molar refractivity (Wildman–Crippen MR) is 164 cm³/mol. The average Bonchev–Trinajstić information content (AvgIpc) is 2.81. The molecule has 0 aromatic carbocycles. The zero-order valence-corrected chi connectivity index (χ0v) is 26.6. The van der Waals surface area contributed by atoms with Gasteiger partial charge in [0.15, 0.2) is 0 Å². The fraction of sp³-hybridized carbons (Fsp3) is 0.833. The van der Waals surface area contributed by atoms with Gasteiger partial charge in [-0.25, -0.2) is 0 Å². The zero-order chi connectivity index (χ0) is 28.9. The summed E-state index contributed by atoms with van der Waals surface area (Å²) < 4.78 is 0. The van der Waals surface area contributed by atoms with Gasteiger partial charge in [-0.1, -0.05) is 76.2 Å². The van der Waals surface area contributed by atoms with E-state index in [0.29, 0.717) is 23.7 Å². The SMILES string of the molecule is C=N/C(C(=NC)C(C)(C)C)=C(/C)C(=O)NCC(C)C.CC.CC(C)C.CCN1CCC(CNC)CC1. The van der Waals surface area contributed by atoms with E-state index in [4.69, 9.17) is 0 Å². The van der Waals surface area contributed by atoms with E-state index >= 15 is 0 Å². The molecule has 1 heterocycles. The Morgan fingerprint density at radius 2 is 1.56 bits per heavy atom. The van der Waals surface area contributed by atoms with Gasteiger partial charge in [0.05, 0.1) is 11.4 Å². The van der Waals surface area contributed by atoms with Crippen molar-refractivity contribution in [3.05, 3.63) is 11.3 Å². The summed E-state index contributed by atoms with van der Waals surface area (Å²) in [5, 5.41) is 6.14. The first-order chi connectivity index (χ1) is 16.7. The van der Waals surface area contributed by atoms with E-state index in [1.54, 1.807) is 14.0 Å². The lowest BCUT2D eigenvalue weighted by Gasteiger charge is -2.30. The van der Waals surface area contributed by atoms with Gasteiger partial charge in [0.2, 0.25) is 5.91 Å². The van der Waals surface area contributed by atoms with Crippen LogP contribution in [0.3, 0.4) is 0 Å². The molecule has 0 radical (unpaired) electrons. The molecule has 1 aliphatic heterocycles. The van der Waals surface area contributed by atoms with E-state index < -0.39 is 0 Å². The molecule has 6 nitrogen and oxygen atoms in total. The summed E-state index contributed by atoms with van der Waals surface area (Å²) in [6.45, 7) is 34.0. The van der Waals surface area contributed by atoms with Crippen molar-refractivity contribution in [2.45, 2.75) is 95.9 Å². The minimum Gasteiger partial charge on any atom is -0.352 e. The van der Waals surface area contributed by atoms with Gasteiger partial charge in [-0.3, -0.25) is 14.8 Å². The summed E-state index contributed by atoms with van der Waals surface area (Å²) in [5.41, 5.74) is 1.76. The third-order valence-electron chi connectivity index (χ3n) is 5.33. The van der Waals surface area contributed by atoms with Crippen molar-refractivity contribution in [1.82, 2.24) is 15.5 Å². The molecule has 0 saturated carbocycles. The van der Waals surface area contributed by atoms with Gasteiger partial charge >= 0.3 is 0 Å². The number of aliphatic imine (C=N–C) groups is 2. The number of carbonyl (C=O) groups excluding carboxylic acids is 1. The van der Waals surface area contributed by atoms with Crippen LogP contribution in [0.5, 0.6) is 0 Å². The van der Waals surface area contributed by atoms with E-state index in [0.717, 1.165) is 17.5 Å². The lowest BCUT2D eigenvalue weighted by molar-refractivity contribution is -0.117. The summed E-state index contributed by atoms with van der Waals surface area (Å²) in [6, 6.07) is 0. The van der Waals surface area contributed by atoms with Crippen molar-refractivity contribution in [3.63, 3.8) is 0 Å². The van der Waals surface area contributed by atoms with Gasteiger partial charge in [-0.15, -0.1) is 0 Å². The molecule has 1 amide bonds. The van der Waals surface area contributed by atoms with Crippen molar-refractivity contribution in [2.75, 3.05) is 46.8 Å². The van der Waals surface area contributed by atoms with Crippen molar-refractivity contribution in [2.24, 2.45) is 33.2 Å². The lowest BCUT2D eigenvalue weighted by atomic mass is 9.86. The van der Waals surface area contributed by atoms with Crippen LogP contribution in [0.1, 0.15) is 95.9 Å². The van der Waals surface area contributed by atoms with Crippen LogP contribution < -0.4 is 10.6 Å². The van der Waals surface area contributed by atoms with Gasteiger partial charge in [0.1, 0.15) is 0 Å². The average molecular weight is 510 g/mol. The third kappa shape index (κ3) is 19.6. The Morgan fingerprint density at radius 3 is 1.86 bits per heavy atom. The van der Waals surface area contributed by atoms with Gasteiger partial charge in [-0.05, 0) is 77.5 Å². The molecule has 1 fully saturated rings. The quantitative estimate of drug-likeness (QED) is 0.291. The largest absolute Gasteiger partial charge is 0.352 e. The molecule has 6 heteroatoms. The first-order valence-electron chi connectivity index (χ1n) is 14.0. The van der Waals surface area contributed by atoms with Gasteiger partial charge in [-0.2, -0.15) is 0 Å². The molecule has 0 atom stereocenters. The van der Waals surface area contributed by atoms with E-state index in [9.17, 15) is 4.79 Å². The number of amides is 1. The Kier molecular flexibility index (Phi) is 24.5. The summed E-state index contributed by atoms with van der Waals surface area (Å²) in [5.74, 6) is 2.07. The highest BCUT2D eigenvalue weighted by molar-refractivity contribution is 6.10. The molecule has 1 saturated heterocycles. The highest BCUT2D eigenvalue weighted by Crippen LogP contribution is 2.24. The topological polar surface area (TPSA) is 69.1 Å². The molecule has 0 aromatic heterocycles. The Morgan fingerprint density at radius 1 is 1.08 bits per heavy atom. The van der Waals surface area contributed by atoms with Crippen molar-refractivity contribution in [1.29, 1.82) is 0 Å². The molecular formula is C30H63N5O. The van der Waals surface area contributed by atoms with E-state index in [1.807, 2.05) is 41.7 Å². The standard InChI is InChI=1S/C15H27N3O.C9H20N2.C4H10.C2H6/c1-10(2)9-18-14(19)11(3)12(16-7)13(17-8)15(4,5)6;1-3-11-6-4-9(5-7-11)8-10-2;1-4(2)3;1-2/h10H,7,9H2,1-6,8H3,(H,18,19);9-10H,3-8H2,1-2H3;4H,1-3H3;1-2H3/b12-11-,17-13?;;;. The maximum Gasteiger partial charge on any atom is 0.249 e. The number of hydrogen-bond donors (Lipinski definition) is 2. The number of allylic oxidation sites excluding steroid dienone is 1. The smallest absolute Gasteiger partial charge is 0.249 e. The second kappa shape index (κ2) is 22.7. The van der Waals surface area contributed by atoms with Crippen LogP contribution in [0.25, 0.3) is 0 Å². The zero-order valence-electron chi connectivity index (χ0n) is 26.6. The Balaban J connectivity index is -0.000000535. The summed E-state index contributed by atoms with van der Waals surface area (Å²) >= 11 is 0. The molecule has 0 unspecified atom stereocenters. The molecule has 1 aliphatic rings. The molecule has 1 rings (SSSR count). The molecule has 0 spiro atoms. The normalized spacial score (nSPS) is 15.5. The highest BCUT2D eigenvalue weighted by Gasteiger charge is 2.25. The van der Waals surface area contributed by atoms with E-state index in [-0.39, 0.29) is 11.3 Å². The number of piperidine rings is 1. The molecule has 36 heavy (non-hydrogen) atoms. The fourth-order valence-corrected chi connectivity index (χ4v) is 3.50. The monoisotopic (exact) mass is 510 g/mol. The fourth-order valence-electron chi connectivity index (χ4n) is 3.50. The molecular weight excluding hydrogens is 446 g/mol. The number of nitrogens with zero attached hydrogens (tertiary/aromatic N) is 3. The summed E-state index contributed by atoms with van der Waals surface area (Å²) in [6.07, 6.45) is 2.77. The summed E-state index contributed by atoms with van der Waals surface area (Å²) in [7, 11) is 3.76. The summed E-state index contributed by atoms with van der Waals surface area (Å²) in [4.78, 5) is 22.9. The third-order valence-corrected chi connectivity index (χ3v) is 5.33. The highest BCUT2D eigenvalue weighted by atomic mass is 16.1. The van der Waals surface area contributed by atoms with Crippen molar-refractivity contribution >= 4 is 18.3 Å². The lowest BCUT2D eigenvalue weighted by Crippen LogP contribution is -2.36. The minimum atomic E-state index is -0.176. The van der Waals surface area contributed by atoms with Gasteiger partial charge < -0.3 is 15.5 Å². The van der Waals surface area contributed by atoms with Gasteiger partial charge in [0, 0.05) is 24.6 Å². The molecule has 214 valence electrons. The maximum absolute atomic E-state index is 12.1. The molecule has 0 bridgehead atoms. The number of likely N-dealkylation sites (tertiary alicyclic amines) is 1. The van der Waals surface area contributed by atoms with Crippen LogP contribution in [0, 0.1) is 23.2 Å². The van der Waals surface area contributed by atoms with Crippen LogP contribution >= 0.6 is 0 Å². The van der Waals surface area contributed by atoms with E-state index in [2.05, 4.69) is 73.8 Å². The Hall–Kier alpha value is -1.53. The van der Waals surface area contributed by atoms with Crippen LogP contribution in [0.15, 0.2) is 21.3 Å². The van der Waals surface area contributed by atoms with Crippen LogP contribution in [0.4, 0.5) is 0 Å². The van der Waals surface area contributed by atoms with Crippen LogP contribution in [-0.4, -0.2) is 70.1 Å². The van der Waals surface area contributed by atoms with Crippen molar-refractivity contribution < 1.29 is 4.79 Å². The molecule has 0 aliphatic carbocycles. The second-order valence-electron chi connectivity index (χ2n) is 11.2. The minimum absolute atomic E-state index is 0.110. The second-order valence-corrected chi connectivity index (χ2v) is 11.2. The molecule has 0 aromatic rings. The van der Waals surface area contributed by atoms with Crippen LogP contribution in [-0.2, 0) is 4.79 Å². The number of nitrogens with one attached hydrogen (secondary N) is 2. The Bertz CT molecular complexity index is 619. The first kappa shape index (κ1) is 39.0. The maximum atomic E-state index is 12.1. The number of rotatable bonds is 8. The number of carbonyl (C=O) groups is 1. The van der Waals surface area contributed by atoms with Crippen molar-refractivity contribution in [3.8, 4) is 0 Å². The Labute approximate surface area is 225 Å². The van der Waals surface area contributed by atoms with Crippen LogP contribution in [0.2, 0.25) is 0 Å².